The van der Waals surface area contributed by atoms with Gasteiger partial charge in [0.25, 0.3) is 0 Å². The summed E-state index contributed by atoms with van der Waals surface area (Å²) >= 11 is 0. The lowest BCUT2D eigenvalue weighted by Gasteiger charge is -2.18. The first-order chi connectivity index (χ1) is 9.86. The number of carbonyl (C=O) groups is 1. The Morgan fingerprint density at radius 1 is 1.00 bits per heavy atom. The van der Waals surface area contributed by atoms with E-state index in [2.05, 4.69) is 57.3 Å². The number of carboxylic acid groups (broad SMARTS) is 1. The molecule has 21 heavy (non-hydrogen) atoms. The van der Waals surface area contributed by atoms with Crippen LogP contribution >= 0.6 is 0 Å². The fraction of sp³-hybridized carbons (Fsp3) is 0.611. The van der Waals surface area contributed by atoms with Crippen molar-refractivity contribution in [3.63, 3.8) is 0 Å². The monoisotopic (exact) mass is 291 g/mol. The van der Waals surface area contributed by atoms with Crippen LogP contribution in [0.4, 0.5) is 0 Å². The van der Waals surface area contributed by atoms with Crippen LogP contribution in [0, 0.1) is 11.8 Å². The average molecular weight is 291 g/mol. The molecule has 3 nitrogen and oxygen atoms in total. The van der Waals surface area contributed by atoms with Crippen LogP contribution in [-0.2, 0) is 17.6 Å². The van der Waals surface area contributed by atoms with Gasteiger partial charge in [-0.15, -0.1) is 0 Å². The van der Waals surface area contributed by atoms with Gasteiger partial charge < -0.3 is 10.4 Å². The van der Waals surface area contributed by atoms with E-state index in [0.29, 0.717) is 11.8 Å². The first-order valence-electron chi connectivity index (χ1n) is 7.89. The minimum atomic E-state index is -0.743. The van der Waals surface area contributed by atoms with E-state index in [4.69, 9.17) is 5.11 Å². The van der Waals surface area contributed by atoms with Crippen LogP contribution in [0.3, 0.4) is 0 Å². The Kier molecular flexibility index (Phi) is 7.44. The quantitative estimate of drug-likeness (QED) is 0.732. The predicted molar refractivity (Wildman–Crippen MR) is 87.6 cm³/mol. The Bertz CT molecular complexity index is 423. The Labute approximate surface area is 128 Å². The minimum absolute atomic E-state index is 0.000786. The van der Waals surface area contributed by atoms with Crippen LogP contribution in [0.5, 0.6) is 0 Å². The van der Waals surface area contributed by atoms with Gasteiger partial charge in [-0.3, -0.25) is 4.79 Å². The SMILES string of the molecule is CC(C)CNC(CC(=O)O)Cc1ccc(CC(C)C)cc1. The Morgan fingerprint density at radius 3 is 1.95 bits per heavy atom. The highest BCUT2D eigenvalue weighted by Gasteiger charge is 2.14. The molecule has 0 spiro atoms. The smallest absolute Gasteiger partial charge is 0.304 e. The maximum atomic E-state index is 11.0. The lowest BCUT2D eigenvalue weighted by Crippen LogP contribution is -2.35. The van der Waals surface area contributed by atoms with Crippen molar-refractivity contribution in [1.29, 1.82) is 0 Å². The predicted octanol–water partition coefficient (Wildman–Crippen LogP) is 3.52. The zero-order chi connectivity index (χ0) is 15.8. The summed E-state index contributed by atoms with van der Waals surface area (Å²) in [7, 11) is 0. The Balaban J connectivity index is 2.62. The lowest BCUT2D eigenvalue weighted by atomic mass is 9.98. The molecule has 0 heterocycles. The molecule has 3 heteroatoms. The summed E-state index contributed by atoms with van der Waals surface area (Å²) in [5, 5.41) is 12.4. The molecule has 0 bridgehead atoms. The van der Waals surface area contributed by atoms with E-state index in [9.17, 15) is 4.79 Å². The van der Waals surface area contributed by atoms with Gasteiger partial charge in [-0.25, -0.2) is 0 Å². The molecule has 1 unspecified atom stereocenters. The molecule has 0 radical (unpaired) electrons. The summed E-state index contributed by atoms with van der Waals surface area (Å²) in [6, 6.07) is 8.58. The summed E-state index contributed by atoms with van der Waals surface area (Å²) in [5.74, 6) is 0.436. The van der Waals surface area contributed by atoms with Crippen molar-refractivity contribution in [2.75, 3.05) is 6.54 Å². The lowest BCUT2D eigenvalue weighted by molar-refractivity contribution is -0.137. The van der Waals surface area contributed by atoms with Crippen molar-refractivity contribution in [2.24, 2.45) is 11.8 Å². The molecule has 1 aromatic carbocycles. The van der Waals surface area contributed by atoms with E-state index in [0.717, 1.165) is 19.4 Å². The van der Waals surface area contributed by atoms with Gasteiger partial charge in [0, 0.05) is 6.04 Å². The minimum Gasteiger partial charge on any atom is -0.481 e. The van der Waals surface area contributed by atoms with Crippen molar-refractivity contribution in [2.45, 2.75) is 53.0 Å². The highest BCUT2D eigenvalue weighted by Crippen LogP contribution is 2.12. The molecule has 0 aromatic heterocycles. The van der Waals surface area contributed by atoms with E-state index in [1.54, 1.807) is 0 Å². The summed E-state index contributed by atoms with van der Waals surface area (Å²) in [6.45, 7) is 9.54. The maximum absolute atomic E-state index is 11.0. The standard InChI is InChI=1S/C18H29NO2/c1-13(2)9-15-5-7-16(8-6-15)10-17(11-18(20)21)19-12-14(3)4/h5-8,13-14,17,19H,9-12H2,1-4H3,(H,20,21). The molecular formula is C18H29NO2. The number of benzene rings is 1. The molecule has 0 saturated heterocycles. The van der Waals surface area contributed by atoms with E-state index in [1.165, 1.54) is 11.1 Å². The van der Waals surface area contributed by atoms with Crippen molar-refractivity contribution in [1.82, 2.24) is 5.32 Å². The number of nitrogens with one attached hydrogen (secondary N) is 1. The van der Waals surface area contributed by atoms with Crippen LogP contribution in [0.25, 0.3) is 0 Å². The average Bonchev–Trinajstić information content (AvgIpc) is 2.37. The number of rotatable bonds is 9. The summed E-state index contributed by atoms with van der Waals surface area (Å²) < 4.78 is 0. The normalized spacial score (nSPS) is 12.9. The van der Waals surface area contributed by atoms with E-state index >= 15 is 0 Å². The summed E-state index contributed by atoms with van der Waals surface area (Å²) in [6.07, 6.45) is 2.02. The number of carboxylic acids is 1. The fourth-order valence-corrected chi connectivity index (χ4v) is 2.40. The van der Waals surface area contributed by atoms with Gasteiger partial charge >= 0.3 is 5.97 Å². The van der Waals surface area contributed by atoms with Gasteiger partial charge in [-0.1, -0.05) is 52.0 Å². The van der Waals surface area contributed by atoms with Gasteiger partial charge in [0.15, 0.2) is 0 Å². The zero-order valence-electron chi connectivity index (χ0n) is 13.7. The Morgan fingerprint density at radius 2 is 1.52 bits per heavy atom. The van der Waals surface area contributed by atoms with Crippen molar-refractivity contribution in [3.05, 3.63) is 35.4 Å². The van der Waals surface area contributed by atoms with Gasteiger partial charge in [0.2, 0.25) is 0 Å². The first kappa shape index (κ1) is 17.7. The highest BCUT2D eigenvalue weighted by molar-refractivity contribution is 5.67. The van der Waals surface area contributed by atoms with E-state index in [1.807, 2.05) is 0 Å². The molecule has 118 valence electrons. The van der Waals surface area contributed by atoms with Crippen LogP contribution in [0.1, 0.15) is 45.2 Å². The van der Waals surface area contributed by atoms with E-state index < -0.39 is 5.97 Å². The zero-order valence-corrected chi connectivity index (χ0v) is 13.7. The van der Waals surface area contributed by atoms with Crippen LogP contribution in [0.2, 0.25) is 0 Å². The third kappa shape index (κ3) is 7.86. The third-order valence-electron chi connectivity index (χ3n) is 3.38. The molecule has 0 fully saturated rings. The number of aliphatic carboxylic acids is 1. The van der Waals surface area contributed by atoms with Crippen molar-refractivity contribution >= 4 is 5.97 Å². The molecule has 1 rings (SSSR count). The highest BCUT2D eigenvalue weighted by atomic mass is 16.4. The largest absolute Gasteiger partial charge is 0.481 e. The second-order valence-corrected chi connectivity index (χ2v) is 6.72. The molecule has 0 aliphatic rings. The molecule has 2 N–H and O–H groups in total. The third-order valence-corrected chi connectivity index (χ3v) is 3.38. The topological polar surface area (TPSA) is 49.3 Å². The number of hydrogen-bond acceptors (Lipinski definition) is 2. The second-order valence-electron chi connectivity index (χ2n) is 6.72. The van der Waals surface area contributed by atoms with Crippen LogP contribution in [-0.4, -0.2) is 23.7 Å². The van der Waals surface area contributed by atoms with Crippen LogP contribution < -0.4 is 5.32 Å². The second kappa shape index (κ2) is 8.83. The molecule has 1 atom stereocenters. The molecule has 0 amide bonds. The van der Waals surface area contributed by atoms with Gasteiger partial charge in [0.1, 0.15) is 0 Å². The summed E-state index contributed by atoms with van der Waals surface area (Å²) in [5.41, 5.74) is 2.55. The van der Waals surface area contributed by atoms with Crippen LogP contribution in [0.15, 0.2) is 24.3 Å². The Hall–Kier alpha value is -1.35. The van der Waals surface area contributed by atoms with Gasteiger partial charge in [0.05, 0.1) is 6.42 Å². The molecule has 0 aliphatic carbocycles. The molecule has 0 saturated carbocycles. The number of hydrogen-bond donors (Lipinski definition) is 2. The van der Waals surface area contributed by atoms with Gasteiger partial charge in [-0.2, -0.15) is 0 Å². The fourth-order valence-electron chi connectivity index (χ4n) is 2.40. The van der Waals surface area contributed by atoms with Crippen molar-refractivity contribution in [3.8, 4) is 0 Å². The first-order valence-corrected chi connectivity index (χ1v) is 7.89. The molecule has 1 aromatic rings. The maximum Gasteiger partial charge on any atom is 0.304 e. The van der Waals surface area contributed by atoms with E-state index in [-0.39, 0.29) is 12.5 Å². The molecule has 0 aliphatic heterocycles. The van der Waals surface area contributed by atoms with Crippen molar-refractivity contribution < 1.29 is 9.90 Å². The van der Waals surface area contributed by atoms with Gasteiger partial charge in [-0.05, 0) is 42.3 Å². The molecular weight excluding hydrogens is 262 g/mol. The summed E-state index contributed by atoms with van der Waals surface area (Å²) in [4.78, 5) is 11.0.